The molecule has 0 aromatic carbocycles. The molecule has 10 heteroatoms. The summed E-state index contributed by atoms with van der Waals surface area (Å²) in [5.41, 5.74) is 0.707. The van der Waals surface area contributed by atoms with Crippen LogP contribution in [0.25, 0.3) is 10.2 Å². The highest BCUT2D eigenvalue weighted by atomic mass is 32.2. The molecule has 0 saturated carbocycles. The highest BCUT2D eigenvalue weighted by molar-refractivity contribution is 8.00. The first-order chi connectivity index (χ1) is 12.5. The molecule has 2 unspecified atom stereocenters. The number of alkyl halides is 3. The normalized spacial score (nSPS) is 14.3. The maximum absolute atomic E-state index is 12.6. The van der Waals surface area contributed by atoms with E-state index in [-0.39, 0.29) is 10.7 Å². The van der Waals surface area contributed by atoms with Crippen LogP contribution in [-0.2, 0) is 11.2 Å². The number of aromatic nitrogens is 2. The Labute approximate surface area is 163 Å². The van der Waals surface area contributed by atoms with Crippen molar-refractivity contribution in [1.82, 2.24) is 15.3 Å². The molecule has 2 atom stereocenters. The van der Waals surface area contributed by atoms with Crippen molar-refractivity contribution in [1.29, 1.82) is 0 Å². The summed E-state index contributed by atoms with van der Waals surface area (Å²) >= 11 is 2.34. The first-order valence-corrected chi connectivity index (χ1v) is 10.2. The molecule has 2 heterocycles. The highest BCUT2D eigenvalue weighted by Gasteiger charge is 2.29. The van der Waals surface area contributed by atoms with Gasteiger partial charge >= 0.3 is 6.18 Å². The second kappa shape index (κ2) is 8.64. The van der Waals surface area contributed by atoms with E-state index in [1.54, 1.807) is 0 Å². The zero-order valence-electron chi connectivity index (χ0n) is 15.5. The van der Waals surface area contributed by atoms with Crippen LogP contribution in [0.4, 0.5) is 13.2 Å². The molecule has 2 rings (SSSR count). The molecule has 0 radical (unpaired) electrons. The molecular weight excluding hydrogens is 399 g/mol. The monoisotopic (exact) mass is 421 g/mol. The van der Waals surface area contributed by atoms with Crippen LogP contribution >= 0.6 is 23.1 Å². The Morgan fingerprint density at radius 3 is 2.63 bits per heavy atom. The van der Waals surface area contributed by atoms with Crippen molar-refractivity contribution in [2.45, 2.75) is 57.1 Å². The Morgan fingerprint density at radius 1 is 1.37 bits per heavy atom. The van der Waals surface area contributed by atoms with Gasteiger partial charge in [0.15, 0.2) is 5.16 Å². The van der Waals surface area contributed by atoms with Gasteiger partial charge in [-0.1, -0.05) is 32.0 Å². The third kappa shape index (κ3) is 5.71. The summed E-state index contributed by atoms with van der Waals surface area (Å²) in [5, 5.41) is 1.80. The smallest absolute Gasteiger partial charge is 0.346 e. The number of hydrogen-bond acceptors (Lipinski definition) is 5. The van der Waals surface area contributed by atoms with E-state index in [0.717, 1.165) is 35.0 Å². The van der Waals surface area contributed by atoms with Crippen LogP contribution in [0.2, 0.25) is 0 Å². The Kier molecular flexibility index (Phi) is 6.96. The van der Waals surface area contributed by atoms with E-state index in [1.165, 1.54) is 18.3 Å². The number of halogens is 3. The topological polar surface area (TPSA) is 74.8 Å². The molecule has 2 aromatic rings. The molecule has 0 aliphatic carbocycles. The first kappa shape index (κ1) is 21.7. The highest BCUT2D eigenvalue weighted by Crippen LogP contribution is 2.31. The summed E-state index contributed by atoms with van der Waals surface area (Å²) in [6.07, 6.45) is -2.68. The number of aromatic amines is 1. The minimum atomic E-state index is -4.47. The average Bonchev–Trinajstić information content (AvgIpc) is 2.87. The third-order valence-electron chi connectivity index (χ3n) is 4.21. The van der Waals surface area contributed by atoms with Gasteiger partial charge in [-0.3, -0.25) is 9.59 Å². The number of hydrogen-bond donors (Lipinski definition) is 2. The van der Waals surface area contributed by atoms with E-state index < -0.39 is 23.9 Å². The lowest BCUT2D eigenvalue weighted by molar-refractivity contribution is -0.137. The van der Waals surface area contributed by atoms with Gasteiger partial charge in [0.05, 0.1) is 10.6 Å². The number of thiophene rings is 1. The second-order valence-corrected chi connectivity index (χ2v) is 9.03. The Hall–Kier alpha value is -1.55. The van der Waals surface area contributed by atoms with E-state index in [1.807, 2.05) is 12.2 Å². The zero-order chi connectivity index (χ0) is 20.4. The Morgan fingerprint density at radius 2 is 2.04 bits per heavy atom. The lowest BCUT2D eigenvalue weighted by Gasteiger charge is -2.12. The van der Waals surface area contributed by atoms with Gasteiger partial charge in [-0.15, -0.1) is 11.3 Å². The number of rotatable bonds is 7. The predicted octanol–water partition coefficient (Wildman–Crippen LogP) is 4.04. The van der Waals surface area contributed by atoms with Crippen molar-refractivity contribution in [2.24, 2.45) is 5.92 Å². The number of nitrogens with one attached hydrogen (secondary N) is 2. The van der Waals surface area contributed by atoms with Crippen molar-refractivity contribution in [2.75, 3.05) is 6.54 Å². The van der Waals surface area contributed by atoms with E-state index >= 15 is 0 Å². The number of nitrogens with zero attached hydrogens (tertiary/aromatic N) is 1. The molecule has 0 aliphatic rings. The molecule has 1 amide bonds. The van der Waals surface area contributed by atoms with Gasteiger partial charge in [0, 0.05) is 4.88 Å². The number of aryl methyl sites for hydroxylation is 1. The quantitative estimate of drug-likeness (QED) is 0.523. The molecule has 0 spiro atoms. The summed E-state index contributed by atoms with van der Waals surface area (Å²) in [4.78, 5) is 33.0. The fourth-order valence-corrected chi connectivity index (χ4v) is 4.43. The lowest BCUT2D eigenvalue weighted by Crippen LogP contribution is -2.38. The largest absolute Gasteiger partial charge is 0.405 e. The SMILES string of the molecule is CCC(C)Cc1c(C)sc2nc(SC(C)C(=O)NCC(F)(F)F)[nH]c(=O)c12. The summed E-state index contributed by atoms with van der Waals surface area (Å²) < 4.78 is 36.6. The van der Waals surface area contributed by atoms with Crippen molar-refractivity contribution in [3.05, 3.63) is 20.8 Å². The van der Waals surface area contributed by atoms with Gasteiger partial charge in [-0.25, -0.2) is 4.98 Å². The summed E-state index contributed by atoms with van der Waals surface area (Å²) in [6, 6.07) is 0. The fraction of sp³-hybridized carbons (Fsp3) is 0.588. The van der Waals surface area contributed by atoms with Crippen molar-refractivity contribution in [3.8, 4) is 0 Å². The van der Waals surface area contributed by atoms with Gasteiger partial charge in [-0.05, 0) is 31.7 Å². The molecule has 0 bridgehead atoms. The predicted molar refractivity (Wildman–Crippen MR) is 103 cm³/mol. The van der Waals surface area contributed by atoms with Gasteiger partial charge in [0.2, 0.25) is 5.91 Å². The molecule has 27 heavy (non-hydrogen) atoms. The third-order valence-corrected chi connectivity index (χ3v) is 6.24. The lowest BCUT2D eigenvalue weighted by atomic mass is 9.98. The molecule has 0 fully saturated rings. The van der Waals surface area contributed by atoms with E-state index in [9.17, 15) is 22.8 Å². The maximum atomic E-state index is 12.6. The summed E-state index contributed by atoms with van der Waals surface area (Å²) in [7, 11) is 0. The molecule has 2 N–H and O–H groups in total. The van der Waals surface area contributed by atoms with Crippen LogP contribution in [0.5, 0.6) is 0 Å². The van der Waals surface area contributed by atoms with Crippen molar-refractivity contribution < 1.29 is 18.0 Å². The number of carbonyl (C=O) groups excluding carboxylic acids is 1. The molecule has 2 aromatic heterocycles. The van der Waals surface area contributed by atoms with Gasteiger partial charge in [-0.2, -0.15) is 13.2 Å². The van der Waals surface area contributed by atoms with Crippen LogP contribution in [0.1, 0.15) is 37.6 Å². The Bertz CT molecular complexity index is 877. The summed E-state index contributed by atoms with van der Waals surface area (Å²) in [5.74, 6) is -0.327. The standard InChI is InChI=1S/C17H22F3N3O2S2/c1-5-8(2)6-11-9(3)26-15-12(11)14(25)22-16(23-15)27-10(4)13(24)21-7-17(18,19)20/h8,10H,5-7H2,1-4H3,(H,21,24)(H,22,23,25). The van der Waals surface area contributed by atoms with Gasteiger partial charge < -0.3 is 10.3 Å². The van der Waals surface area contributed by atoms with E-state index in [4.69, 9.17) is 0 Å². The second-order valence-electron chi connectivity index (χ2n) is 6.50. The molecule has 150 valence electrons. The van der Waals surface area contributed by atoms with E-state index in [2.05, 4.69) is 23.8 Å². The maximum Gasteiger partial charge on any atom is 0.405 e. The minimum absolute atomic E-state index is 0.221. The fourth-order valence-electron chi connectivity index (χ4n) is 2.50. The molecule has 5 nitrogen and oxygen atoms in total. The van der Waals surface area contributed by atoms with Crippen LogP contribution in [0.15, 0.2) is 9.95 Å². The number of amides is 1. The van der Waals surface area contributed by atoms with Gasteiger partial charge in [0.1, 0.15) is 11.4 Å². The average molecular weight is 422 g/mol. The first-order valence-electron chi connectivity index (χ1n) is 8.55. The van der Waals surface area contributed by atoms with Crippen LogP contribution in [0.3, 0.4) is 0 Å². The summed E-state index contributed by atoms with van der Waals surface area (Å²) in [6.45, 7) is 6.24. The number of carbonyl (C=O) groups is 1. The molecule has 0 aliphatic heterocycles. The molecular formula is C17H22F3N3O2S2. The Balaban J connectivity index is 2.21. The van der Waals surface area contributed by atoms with Crippen LogP contribution in [-0.4, -0.2) is 33.8 Å². The minimum Gasteiger partial charge on any atom is -0.346 e. The van der Waals surface area contributed by atoms with E-state index in [0.29, 0.717) is 16.1 Å². The van der Waals surface area contributed by atoms with Crippen molar-refractivity contribution >= 4 is 39.2 Å². The molecule has 0 saturated heterocycles. The van der Waals surface area contributed by atoms with Gasteiger partial charge in [0.25, 0.3) is 5.56 Å². The van der Waals surface area contributed by atoms with Crippen LogP contribution < -0.4 is 10.9 Å². The van der Waals surface area contributed by atoms with Crippen LogP contribution in [0, 0.1) is 12.8 Å². The zero-order valence-corrected chi connectivity index (χ0v) is 17.1. The number of H-pyrrole nitrogens is 1. The van der Waals surface area contributed by atoms with Crippen molar-refractivity contribution in [3.63, 3.8) is 0 Å². The number of thioether (sulfide) groups is 1. The number of fused-ring (bicyclic) bond motifs is 1.